The van der Waals surface area contributed by atoms with E-state index in [0.717, 1.165) is 37.9 Å². The van der Waals surface area contributed by atoms with Crippen LogP contribution < -0.4 is 10.1 Å². The zero-order valence-electron chi connectivity index (χ0n) is 9.93. The van der Waals surface area contributed by atoms with E-state index in [1.165, 1.54) is 7.11 Å². The lowest BCUT2D eigenvalue weighted by atomic mass is 9.97. The zero-order chi connectivity index (χ0) is 12.3. The van der Waals surface area contributed by atoms with Crippen LogP contribution in [0.1, 0.15) is 24.8 Å². The lowest BCUT2D eigenvalue weighted by Crippen LogP contribution is -2.35. The third-order valence-electron chi connectivity index (χ3n) is 3.22. The fourth-order valence-electron chi connectivity index (χ4n) is 2.33. The monoisotopic (exact) mass is 241 g/mol. The van der Waals surface area contributed by atoms with E-state index in [9.17, 15) is 8.78 Å². The van der Waals surface area contributed by atoms with Gasteiger partial charge in [0.15, 0.2) is 11.6 Å². The first-order valence-corrected chi connectivity index (χ1v) is 5.96. The fraction of sp³-hybridized carbons (Fsp3) is 0.538. The number of hydrogen-bond donors (Lipinski definition) is 1. The Morgan fingerprint density at radius 3 is 2.71 bits per heavy atom. The van der Waals surface area contributed by atoms with Gasteiger partial charge in [-0.1, -0.05) is 6.42 Å². The Kier molecular flexibility index (Phi) is 3.94. The molecule has 0 saturated carbocycles. The van der Waals surface area contributed by atoms with Crippen molar-refractivity contribution in [3.05, 3.63) is 29.3 Å². The van der Waals surface area contributed by atoms with Gasteiger partial charge in [0.25, 0.3) is 0 Å². The quantitative estimate of drug-likeness (QED) is 0.878. The van der Waals surface area contributed by atoms with Gasteiger partial charge in [0.05, 0.1) is 7.11 Å². The smallest absolute Gasteiger partial charge is 0.165 e. The van der Waals surface area contributed by atoms with Gasteiger partial charge in [0.2, 0.25) is 0 Å². The second-order valence-corrected chi connectivity index (χ2v) is 4.39. The highest BCUT2D eigenvalue weighted by Gasteiger charge is 2.20. The van der Waals surface area contributed by atoms with Gasteiger partial charge < -0.3 is 10.1 Å². The van der Waals surface area contributed by atoms with Gasteiger partial charge >= 0.3 is 0 Å². The molecule has 1 saturated heterocycles. The van der Waals surface area contributed by atoms with Gasteiger partial charge in [-0.2, -0.15) is 0 Å². The summed E-state index contributed by atoms with van der Waals surface area (Å²) in [6.07, 6.45) is 3.77. The Hall–Kier alpha value is -1.16. The number of nitrogens with one attached hydrogen (secondary N) is 1. The largest absolute Gasteiger partial charge is 0.493 e. The Morgan fingerprint density at radius 1 is 1.29 bits per heavy atom. The second-order valence-electron chi connectivity index (χ2n) is 4.39. The molecular formula is C13H17F2NO. The number of methoxy groups -OCH3 is 1. The third kappa shape index (κ3) is 2.75. The minimum atomic E-state index is -0.500. The van der Waals surface area contributed by atoms with Crippen molar-refractivity contribution >= 4 is 0 Å². The first-order valence-electron chi connectivity index (χ1n) is 5.96. The van der Waals surface area contributed by atoms with E-state index < -0.39 is 11.6 Å². The molecule has 17 heavy (non-hydrogen) atoms. The molecule has 0 bridgehead atoms. The van der Waals surface area contributed by atoms with Crippen molar-refractivity contribution in [1.82, 2.24) is 5.32 Å². The summed E-state index contributed by atoms with van der Waals surface area (Å²) in [4.78, 5) is 0. The summed E-state index contributed by atoms with van der Waals surface area (Å²) in [6.45, 7) is 0.948. The number of hydrogen-bond acceptors (Lipinski definition) is 2. The number of halogens is 2. The fourth-order valence-corrected chi connectivity index (χ4v) is 2.33. The zero-order valence-corrected chi connectivity index (χ0v) is 9.93. The average molecular weight is 241 g/mol. The maximum absolute atomic E-state index is 13.7. The molecule has 1 N–H and O–H groups in total. The first-order chi connectivity index (χ1) is 8.22. The topological polar surface area (TPSA) is 21.3 Å². The summed E-state index contributed by atoms with van der Waals surface area (Å²) in [5, 5.41) is 3.32. The Balaban J connectivity index is 2.21. The van der Waals surface area contributed by atoms with Gasteiger partial charge in [-0.05, 0) is 37.9 Å². The van der Waals surface area contributed by atoms with Crippen molar-refractivity contribution in [3.63, 3.8) is 0 Å². The molecule has 94 valence electrons. The van der Waals surface area contributed by atoms with Crippen LogP contribution in [0.2, 0.25) is 0 Å². The standard InChI is InChI=1S/C13H17F2NO/c1-17-13-10(11(14)5-6-12(13)15)8-9-4-2-3-7-16-9/h5-6,9,16H,2-4,7-8H2,1H3. The summed E-state index contributed by atoms with van der Waals surface area (Å²) >= 11 is 0. The predicted octanol–water partition coefficient (Wildman–Crippen LogP) is 2.66. The molecule has 1 fully saturated rings. The van der Waals surface area contributed by atoms with Crippen LogP contribution >= 0.6 is 0 Å². The van der Waals surface area contributed by atoms with E-state index in [1.807, 2.05) is 0 Å². The molecule has 1 aromatic carbocycles. The first kappa shape index (κ1) is 12.3. The van der Waals surface area contributed by atoms with Crippen LogP contribution in [0.4, 0.5) is 8.78 Å². The van der Waals surface area contributed by atoms with E-state index >= 15 is 0 Å². The van der Waals surface area contributed by atoms with Crippen LogP contribution in [0.25, 0.3) is 0 Å². The van der Waals surface area contributed by atoms with Crippen molar-refractivity contribution in [1.29, 1.82) is 0 Å². The van der Waals surface area contributed by atoms with Crippen LogP contribution in [-0.4, -0.2) is 19.7 Å². The summed E-state index contributed by atoms with van der Waals surface area (Å²) in [6, 6.07) is 2.48. The van der Waals surface area contributed by atoms with E-state index in [4.69, 9.17) is 4.74 Å². The summed E-state index contributed by atoms with van der Waals surface area (Å²) in [5.74, 6) is -0.854. The molecule has 1 atom stereocenters. The number of benzene rings is 1. The van der Waals surface area contributed by atoms with Crippen molar-refractivity contribution in [3.8, 4) is 5.75 Å². The second kappa shape index (κ2) is 5.45. The highest BCUT2D eigenvalue weighted by molar-refractivity contribution is 5.36. The molecule has 1 aliphatic heterocycles. The molecule has 2 rings (SSSR count). The normalized spacial score (nSPS) is 20.3. The molecule has 1 unspecified atom stereocenters. The van der Waals surface area contributed by atoms with E-state index in [2.05, 4.69) is 5.32 Å². The van der Waals surface area contributed by atoms with Gasteiger partial charge in [-0.3, -0.25) is 0 Å². The molecule has 4 heteroatoms. The molecular weight excluding hydrogens is 224 g/mol. The lowest BCUT2D eigenvalue weighted by Gasteiger charge is -2.24. The van der Waals surface area contributed by atoms with Crippen molar-refractivity contribution in [2.45, 2.75) is 31.7 Å². The van der Waals surface area contributed by atoms with E-state index in [-0.39, 0.29) is 11.8 Å². The lowest BCUT2D eigenvalue weighted by molar-refractivity contribution is 0.359. The molecule has 0 aromatic heterocycles. The Labute approximate surface area is 100.0 Å². The Bertz CT molecular complexity index is 389. The van der Waals surface area contributed by atoms with E-state index in [0.29, 0.717) is 12.0 Å². The van der Waals surface area contributed by atoms with Crippen molar-refractivity contribution in [2.75, 3.05) is 13.7 Å². The molecule has 2 nitrogen and oxygen atoms in total. The van der Waals surface area contributed by atoms with Gasteiger partial charge in [-0.25, -0.2) is 8.78 Å². The van der Waals surface area contributed by atoms with Gasteiger partial charge in [-0.15, -0.1) is 0 Å². The molecule has 1 aromatic rings. The molecule has 0 aliphatic carbocycles. The van der Waals surface area contributed by atoms with E-state index in [1.54, 1.807) is 0 Å². The van der Waals surface area contributed by atoms with Crippen molar-refractivity contribution < 1.29 is 13.5 Å². The Morgan fingerprint density at radius 2 is 2.06 bits per heavy atom. The van der Waals surface area contributed by atoms with Gasteiger partial charge in [0, 0.05) is 11.6 Å². The summed E-state index contributed by atoms with van der Waals surface area (Å²) in [5.41, 5.74) is 0.340. The maximum atomic E-state index is 13.7. The van der Waals surface area contributed by atoms with Gasteiger partial charge in [0.1, 0.15) is 5.82 Å². The SMILES string of the molecule is COc1c(F)ccc(F)c1CC1CCCCN1. The number of ether oxygens (including phenoxy) is 1. The molecule has 1 aliphatic rings. The maximum Gasteiger partial charge on any atom is 0.165 e. The van der Waals surface area contributed by atoms with Crippen LogP contribution in [0.5, 0.6) is 5.75 Å². The van der Waals surface area contributed by atoms with Crippen LogP contribution in [0.15, 0.2) is 12.1 Å². The molecule has 0 radical (unpaired) electrons. The minimum Gasteiger partial charge on any atom is -0.493 e. The highest BCUT2D eigenvalue weighted by Crippen LogP contribution is 2.27. The summed E-state index contributed by atoms with van der Waals surface area (Å²) < 4.78 is 32.1. The van der Waals surface area contributed by atoms with Crippen molar-refractivity contribution in [2.24, 2.45) is 0 Å². The number of rotatable bonds is 3. The highest BCUT2D eigenvalue weighted by atomic mass is 19.1. The molecule has 0 spiro atoms. The molecule has 0 amide bonds. The third-order valence-corrected chi connectivity index (χ3v) is 3.22. The average Bonchev–Trinajstić information content (AvgIpc) is 2.35. The van der Waals surface area contributed by atoms with Crippen LogP contribution in [-0.2, 0) is 6.42 Å². The van der Waals surface area contributed by atoms with Crippen LogP contribution in [0.3, 0.4) is 0 Å². The summed E-state index contributed by atoms with van der Waals surface area (Å²) in [7, 11) is 1.37. The molecule has 1 heterocycles. The number of piperidine rings is 1. The minimum absolute atomic E-state index is 0.0392. The predicted molar refractivity (Wildman–Crippen MR) is 62.3 cm³/mol. The van der Waals surface area contributed by atoms with Crippen LogP contribution in [0, 0.1) is 11.6 Å².